The van der Waals surface area contributed by atoms with Gasteiger partial charge in [0.1, 0.15) is 6.33 Å². The molecule has 13 heavy (non-hydrogen) atoms. The first-order valence-corrected chi connectivity index (χ1v) is 3.30. The van der Waals surface area contributed by atoms with Crippen LogP contribution in [0.1, 0.15) is 0 Å². The summed E-state index contributed by atoms with van der Waals surface area (Å²) in [6.07, 6.45) is 5.61. The summed E-state index contributed by atoms with van der Waals surface area (Å²) in [6.45, 7) is 0. The molecular weight excluding hydrogens is 176 g/mol. The number of carboxylic acid groups (broad SMARTS) is 1. The maximum Gasteiger partial charge on any atom is 0.356 e. The van der Waals surface area contributed by atoms with Crippen LogP contribution in [0, 0.1) is 0 Å². The minimum Gasteiger partial charge on any atom is -0.478 e. The van der Waals surface area contributed by atoms with E-state index in [0.29, 0.717) is 6.08 Å². The molecule has 0 saturated carbocycles. The first-order valence-electron chi connectivity index (χ1n) is 3.30. The second-order valence-electron chi connectivity index (χ2n) is 2.00. The molecule has 0 atom stereocenters. The zero-order chi connectivity index (χ0) is 9.68. The molecule has 6 nitrogen and oxygen atoms in total. The molecule has 0 aliphatic rings. The lowest BCUT2D eigenvalue weighted by molar-refractivity contribution is -0.139. The molecule has 1 N–H and O–H groups in total. The monoisotopic (exact) mass is 182 g/mol. The van der Waals surface area contributed by atoms with Crippen LogP contribution in [-0.4, -0.2) is 26.8 Å². The van der Waals surface area contributed by atoms with Gasteiger partial charge in [-0.15, -0.1) is 0 Å². The van der Waals surface area contributed by atoms with E-state index in [-0.39, 0.29) is 0 Å². The zero-order valence-electron chi connectivity index (χ0n) is 6.45. The van der Waals surface area contributed by atoms with Crippen LogP contribution in [0.2, 0.25) is 0 Å². The highest BCUT2D eigenvalue weighted by Gasteiger charge is 1.98. The van der Waals surface area contributed by atoms with Crippen LogP contribution in [-0.2, 0) is 9.59 Å². The molecule has 0 radical (unpaired) electrons. The Kier molecular flexibility index (Phi) is 2.80. The summed E-state index contributed by atoms with van der Waals surface area (Å²) in [5.41, 5.74) is 0. The third-order valence-electron chi connectivity index (χ3n) is 1.04. The molecule has 68 valence electrons. The fraction of sp³-hybridized carbons (Fsp3) is 0. The van der Waals surface area contributed by atoms with Crippen LogP contribution in [0.3, 0.4) is 0 Å². The van der Waals surface area contributed by atoms with Gasteiger partial charge < -0.3 is 9.94 Å². The number of hydrogen-bond acceptors (Lipinski definition) is 4. The minimum absolute atomic E-state index is 0.694. The van der Waals surface area contributed by atoms with Gasteiger partial charge in [0, 0.05) is 18.3 Å². The molecule has 0 aromatic carbocycles. The van der Waals surface area contributed by atoms with E-state index in [1.807, 2.05) is 0 Å². The van der Waals surface area contributed by atoms with Gasteiger partial charge in [0.05, 0.1) is 6.20 Å². The molecule has 0 aliphatic heterocycles. The largest absolute Gasteiger partial charge is 0.478 e. The van der Waals surface area contributed by atoms with Crippen molar-refractivity contribution in [3.63, 3.8) is 0 Å². The van der Waals surface area contributed by atoms with Crippen molar-refractivity contribution in [2.24, 2.45) is 0 Å². The van der Waals surface area contributed by atoms with Gasteiger partial charge in [-0.05, 0) is 0 Å². The number of hydrogen-bond donors (Lipinski definition) is 1. The molecule has 1 aromatic rings. The summed E-state index contributed by atoms with van der Waals surface area (Å²) in [6, 6.07) is 0. The van der Waals surface area contributed by atoms with E-state index in [0.717, 1.165) is 10.8 Å². The third kappa shape index (κ3) is 3.19. The quantitative estimate of drug-likeness (QED) is 0.636. The van der Waals surface area contributed by atoms with E-state index < -0.39 is 11.9 Å². The first kappa shape index (κ1) is 8.98. The van der Waals surface area contributed by atoms with Crippen molar-refractivity contribution in [1.29, 1.82) is 0 Å². The van der Waals surface area contributed by atoms with Gasteiger partial charge in [-0.25, -0.2) is 14.6 Å². The van der Waals surface area contributed by atoms with Crippen molar-refractivity contribution in [1.82, 2.24) is 9.71 Å². The van der Waals surface area contributed by atoms with Crippen molar-refractivity contribution in [3.8, 4) is 0 Å². The van der Waals surface area contributed by atoms with Gasteiger partial charge in [0.2, 0.25) is 0 Å². The number of carbonyl (C=O) groups excluding carboxylic acids is 1. The third-order valence-corrected chi connectivity index (χ3v) is 1.04. The van der Waals surface area contributed by atoms with Gasteiger partial charge in [0.25, 0.3) is 0 Å². The SMILES string of the molecule is O=C(O)/C=C\C(=O)On1ccnc1. The smallest absolute Gasteiger partial charge is 0.356 e. The van der Waals surface area contributed by atoms with E-state index in [9.17, 15) is 9.59 Å². The highest BCUT2D eigenvalue weighted by Crippen LogP contribution is 1.82. The van der Waals surface area contributed by atoms with Crippen LogP contribution >= 0.6 is 0 Å². The van der Waals surface area contributed by atoms with Crippen LogP contribution in [0.25, 0.3) is 0 Å². The predicted octanol–water partition coefficient (Wildman–Crippen LogP) is -0.521. The number of imidazole rings is 1. The maximum absolute atomic E-state index is 10.8. The molecular formula is C7H6N2O4. The van der Waals surface area contributed by atoms with E-state index in [1.54, 1.807) is 0 Å². The Morgan fingerprint density at radius 3 is 2.77 bits per heavy atom. The number of nitrogens with zero attached hydrogens (tertiary/aromatic N) is 2. The van der Waals surface area contributed by atoms with Gasteiger partial charge in [0.15, 0.2) is 0 Å². The Morgan fingerprint density at radius 2 is 2.23 bits per heavy atom. The second-order valence-corrected chi connectivity index (χ2v) is 2.00. The highest BCUT2D eigenvalue weighted by atomic mass is 16.7. The number of aromatic nitrogens is 2. The van der Waals surface area contributed by atoms with Gasteiger partial charge in [-0.1, -0.05) is 0 Å². The predicted molar refractivity (Wildman–Crippen MR) is 40.6 cm³/mol. The molecule has 0 spiro atoms. The van der Waals surface area contributed by atoms with Gasteiger partial charge >= 0.3 is 11.9 Å². The number of carbonyl (C=O) groups is 2. The Bertz CT molecular complexity index is 328. The summed E-state index contributed by atoms with van der Waals surface area (Å²) in [4.78, 5) is 29.0. The zero-order valence-corrected chi connectivity index (χ0v) is 6.45. The molecule has 0 amide bonds. The standard InChI is InChI=1S/C7H6N2O4/c10-6(11)1-2-7(12)13-9-4-3-8-5-9/h1-5H,(H,10,11)/b2-1-. The Morgan fingerprint density at radius 1 is 1.46 bits per heavy atom. The Balaban J connectivity index is 2.47. The lowest BCUT2D eigenvalue weighted by Crippen LogP contribution is -2.15. The van der Waals surface area contributed by atoms with E-state index in [1.165, 1.54) is 18.7 Å². The van der Waals surface area contributed by atoms with Crippen molar-refractivity contribution in [2.45, 2.75) is 0 Å². The topological polar surface area (TPSA) is 81.4 Å². The normalized spacial score (nSPS) is 10.2. The molecule has 6 heteroatoms. The molecule has 1 aromatic heterocycles. The molecule has 0 unspecified atom stereocenters. The van der Waals surface area contributed by atoms with E-state index in [4.69, 9.17) is 5.11 Å². The van der Waals surface area contributed by atoms with Gasteiger partial charge in [-0.2, -0.15) is 4.73 Å². The summed E-state index contributed by atoms with van der Waals surface area (Å²) >= 11 is 0. The van der Waals surface area contributed by atoms with Crippen molar-refractivity contribution >= 4 is 11.9 Å². The average molecular weight is 182 g/mol. The molecule has 0 bridgehead atoms. The minimum atomic E-state index is -1.21. The lowest BCUT2D eigenvalue weighted by atomic mass is 10.5. The fourth-order valence-electron chi connectivity index (χ4n) is 0.575. The van der Waals surface area contributed by atoms with Crippen LogP contribution in [0.5, 0.6) is 0 Å². The number of rotatable bonds is 3. The Hall–Kier alpha value is -2.11. The summed E-state index contributed by atoms with van der Waals surface area (Å²) in [5.74, 6) is -1.98. The molecule has 0 fully saturated rings. The van der Waals surface area contributed by atoms with E-state index >= 15 is 0 Å². The highest BCUT2D eigenvalue weighted by molar-refractivity contribution is 5.90. The van der Waals surface area contributed by atoms with Crippen LogP contribution in [0.15, 0.2) is 30.9 Å². The van der Waals surface area contributed by atoms with Crippen LogP contribution < -0.4 is 4.84 Å². The fourth-order valence-corrected chi connectivity index (χ4v) is 0.575. The number of aliphatic carboxylic acids is 1. The number of carboxylic acids is 1. The van der Waals surface area contributed by atoms with Crippen molar-refractivity contribution < 1.29 is 19.5 Å². The summed E-state index contributed by atoms with van der Waals surface area (Å²) in [7, 11) is 0. The molecule has 0 aliphatic carbocycles. The van der Waals surface area contributed by atoms with E-state index in [2.05, 4.69) is 9.82 Å². The van der Waals surface area contributed by atoms with Gasteiger partial charge in [-0.3, -0.25) is 0 Å². The second kappa shape index (κ2) is 4.05. The van der Waals surface area contributed by atoms with Crippen LogP contribution in [0.4, 0.5) is 0 Å². The molecule has 1 rings (SSSR count). The van der Waals surface area contributed by atoms with Crippen molar-refractivity contribution in [2.75, 3.05) is 0 Å². The molecule has 1 heterocycles. The van der Waals surface area contributed by atoms with Crippen molar-refractivity contribution in [3.05, 3.63) is 30.9 Å². The Labute approximate surface area is 73.0 Å². The maximum atomic E-state index is 10.8. The first-order chi connectivity index (χ1) is 6.18. The average Bonchev–Trinajstić information content (AvgIpc) is 2.53. The molecule has 0 saturated heterocycles. The lowest BCUT2D eigenvalue weighted by Gasteiger charge is -1.97. The summed E-state index contributed by atoms with van der Waals surface area (Å²) in [5, 5.41) is 8.17. The summed E-state index contributed by atoms with van der Waals surface area (Å²) < 4.78 is 1.06.